The second-order valence-electron chi connectivity index (χ2n) is 5.40. The summed E-state index contributed by atoms with van der Waals surface area (Å²) in [4.78, 5) is 11.8. The van der Waals surface area contributed by atoms with Crippen LogP contribution in [0.3, 0.4) is 0 Å². The van der Waals surface area contributed by atoms with Gasteiger partial charge in [0.2, 0.25) is 0 Å². The number of rotatable bonds is 4. The van der Waals surface area contributed by atoms with Gasteiger partial charge in [-0.3, -0.25) is 9.48 Å². The van der Waals surface area contributed by atoms with Crippen molar-refractivity contribution in [1.82, 2.24) is 15.1 Å². The molecular formula is C12H22N4O. The Labute approximate surface area is 102 Å². The first-order valence-electron chi connectivity index (χ1n) is 5.82. The number of nitrogens with one attached hydrogen (secondary N) is 1. The number of carbonyl (C=O) groups excluding carboxylic acids is 1. The minimum atomic E-state index is -0.411. The van der Waals surface area contributed by atoms with Crippen molar-refractivity contribution in [3.63, 3.8) is 0 Å². The second-order valence-corrected chi connectivity index (χ2v) is 5.40. The van der Waals surface area contributed by atoms with E-state index in [1.807, 2.05) is 27.0 Å². The largest absolute Gasteiger partial charge is 0.349 e. The zero-order chi connectivity index (χ0) is 13.2. The molecule has 0 aromatic carbocycles. The SMILES string of the molecule is CC(C)c1cc(C(=O)NCC(C)(C)N)nn1C. The highest BCUT2D eigenvalue weighted by atomic mass is 16.1. The van der Waals surface area contributed by atoms with Crippen LogP contribution in [0, 0.1) is 0 Å². The number of nitrogens with zero attached hydrogens (tertiary/aromatic N) is 2. The molecule has 1 rings (SSSR count). The van der Waals surface area contributed by atoms with Crippen LogP contribution in [0.15, 0.2) is 6.07 Å². The van der Waals surface area contributed by atoms with Gasteiger partial charge in [0.15, 0.2) is 0 Å². The Kier molecular flexibility index (Phi) is 3.93. The summed E-state index contributed by atoms with van der Waals surface area (Å²) in [5.41, 5.74) is 6.88. The molecule has 17 heavy (non-hydrogen) atoms. The van der Waals surface area contributed by atoms with Crippen LogP contribution in [-0.4, -0.2) is 27.8 Å². The quantitative estimate of drug-likeness (QED) is 0.822. The van der Waals surface area contributed by atoms with E-state index in [0.717, 1.165) is 5.69 Å². The van der Waals surface area contributed by atoms with Crippen molar-refractivity contribution < 1.29 is 4.79 Å². The van der Waals surface area contributed by atoms with Gasteiger partial charge in [0.25, 0.3) is 5.91 Å². The molecular weight excluding hydrogens is 216 g/mol. The van der Waals surface area contributed by atoms with E-state index >= 15 is 0 Å². The number of amides is 1. The van der Waals surface area contributed by atoms with Gasteiger partial charge < -0.3 is 11.1 Å². The fraction of sp³-hybridized carbons (Fsp3) is 0.667. The molecule has 1 aromatic rings. The lowest BCUT2D eigenvalue weighted by molar-refractivity contribution is 0.0940. The lowest BCUT2D eigenvalue weighted by atomic mass is 10.1. The molecule has 5 heteroatoms. The van der Waals surface area contributed by atoms with Gasteiger partial charge in [-0.2, -0.15) is 5.10 Å². The van der Waals surface area contributed by atoms with Gasteiger partial charge in [-0.05, 0) is 25.8 Å². The summed E-state index contributed by atoms with van der Waals surface area (Å²) in [6.07, 6.45) is 0. The second kappa shape index (κ2) is 4.87. The standard InChI is InChI=1S/C12H22N4O/c1-8(2)10-6-9(15-16(10)5)11(17)14-7-12(3,4)13/h6,8H,7,13H2,1-5H3,(H,14,17). The van der Waals surface area contributed by atoms with E-state index in [0.29, 0.717) is 18.2 Å². The predicted molar refractivity (Wildman–Crippen MR) is 67.9 cm³/mol. The lowest BCUT2D eigenvalue weighted by Crippen LogP contribution is -2.45. The first-order valence-corrected chi connectivity index (χ1v) is 5.82. The third-order valence-electron chi connectivity index (χ3n) is 2.44. The molecule has 5 nitrogen and oxygen atoms in total. The van der Waals surface area contributed by atoms with Gasteiger partial charge in [-0.15, -0.1) is 0 Å². The Bertz CT molecular complexity index is 401. The van der Waals surface area contributed by atoms with Crippen molar-refractivity contribution in [1.29, 1.82) is 0 Å². The van der Waals surface area contributed by atoms with E-state index in [1.165, 1.54) is 0 Å². The highest BCUT2D eigenvalue weighted by molar-refractivity contribution is 5.92. The van der Waals surface area contributed by atoms with Gasteiger partial charge >= 0.3 is 0 Å². The third kappa shape index (κ3) is 3.85. The molecule has 0 bridgehead atoms. The summed E-state index contributed by atoms with van der Waals surface area (Å²) < 4.78 is 1.74. The zero-order valence-corrected chi connectivity index (χ0v) is 11.2. The number of hydrogen-bond acceptors (Lipinski definition) is 3. The molecule has 0 aliphatic carbocycles. The molecule has 0 unspecified atom stereocenters. The summed E-state index contributed by atoms with van der Waals surface area (Å²) in [6.45, 7) is 8.30. The fourth-order valence-corrected chi connectivity index (χ4v) is 1.53. The van der Waals surface area contributed by atoms with Crippen LogP contribution in [0.2, 0.25) is 0 Å². The Morgan fingerprint density at radius 1 is 1.59 bits per heavy atom. The summed E-state index contributed by atoms with van der Waals surface area (Å²) in [5.74, 6) is 0.172. The summed E-state index contributed by atoms with van der Waals surface area (Å²) >= 11 is 0. The Morgan fingerprint density at radius 2 is 2.18 bits per heavy atom. The van der Waals surface area contributed by atoms with Gasteiger partial charge in [0.1, 0.15) is 5.69 Å². The first kappa shape index (κ1) is 13.7. The molecule has 1 heterocycles. The van der Waals surface area contributed by atoms with E-state index in [9.17, 15) is 4.79 Å². The number of aryl methyl sites for hydroxylation is 1. The van der Waals surface area contributed by atoms with Crippen molar-refractivity contribution in [3.8, 4) is 0 Å². The number of aromatic nitrogens is 2. The highest BCUT2D eigenvalue weighted by Gasteiger charge is 2.17. The van der Waals surface area contributed by atoms with Crippen LogP contribution in [0.4, 0.5) is 0 Å². The topological polar surface area (TPSA) is 72.9 Å². The smallest absolute Gasteiger partial charge is 0.271 e. The van der Waals surface area contributed by atoms with Crippen LogP contribution in [0.5, 0.6) is 0 Å². The van der Waals surface area contributed by atoms with Gasteiger partial charge in [0, 0.05) is 24.8 Å². The molecule has 0 saturated carbocycles. The first-order chi connectivity index (χ1) is 7.70. The van der Waals surface area contributed by atoms with Crippen LogP contribution in [-0.2, 0) is 7.05 Å². The number of carbonyl (C=O) groups is 1. The van der Waals surface area contributed by atoms with Gasteiger partial charge in [-0.25, -0.2) is 0 Å². The number of nitrogens with two attached hydrogens (primary N) is 1. The molecule has 1 amide bonds. The molecule has 3 N–H and O–H groups in total. The van der Waals surface area contributed by atoms with Crippen LogP contribution in [0.1, 0.15) is 49.8 Å². The Balaban J connectivity index is 2.73. The maximum atomic E-state index is 11.8. The average Bonchev–Trinajstić information content (AvgIpc) is 2.55. The summed E-state index contributed by atoms with van der Waals surface area (Å²) in [5, 5.41) is 6.97. The predicted octanol–water partition coefficient (Wildman–Crippen LogP) is 1.01. The van der Waals surface area contributed by atoms with Gasteiger partial charge in [-0.1, -0.05) is 13.8 Å². The Morgan fingerprint density at radius 3 is 2.59 bits per heavy atom. The minimum Gasteiger partial charge on any atom is -0.349 e. The van der Waals surface area contributed by atoms with Crippen molar-refractivity contribution >= 4 is 5.91 Å². The van der Waals surface area contributed by atoms with E-state index in [4.69, 9.17) is 5.73 Å². The Hall–Kier alpha value is -1.36. The summed E-state index contributed by atoms with van der Waals surface area (Å²) in [7, 11) is 1.85. The molecule has 0 saturated heterocycles. The van der Waals surface area contributed by atoms with Crippen LogP contribution in [0.25, 0.3) is 0 Å². The maximum Gasteiger partial charge on any atom is 0.271 e. The highest BCUT2D eigenvalue weighted by Crippen LogP contribution is 2.14. The minimum absolute atomic E-state index is 0.175. The van der Waals surface area contributed by atoms with E-state index in [2.05, 4.69) is 24.3 Å². The third-order valence-corrected chi connectivity index (χ3v) is 2.44. The lowest BCUT2D eigenvalue weighted by Gasteiger charge is -2.18. The van der Waals surface area contributed by atoms with E-state index in [1.54, 1.807) is 4.68 Å². The van der Waals surface area contributed by atoms with Crippen molar-refractivity contribution in [2.24, 2.45) is 12.8 Å². The fourth-order valence-electron chi connectivity index (χ4n) is 1.53. The molecule has 0 radical (unpaired) electrons. The molecule has 0 fully saturated rings. The molecule has 96 valence electrons. The molecule has 1 aromatic heterocycles. The molecule has 0 spiro atoms. The normalized spacial score (nSPS) is 11.9. The summed E-state index contributed by atoms with van der Waals surface area (Å²) in [6, 6.07) is 1.82. The average molecular weight is 238 g/mol. The molecule has 0 aliphatic heterocycles. The monoisotopic (exact) mass is 238 g/mol. The van der Waals surface area contributed by atoms with Gasteiger partial charge in [0.05, 0.1) is 0 Å². The molecule has 0 atom stereocenters. The maximum absolute atomic E-state index is 11.8. The van der Waals surface area contributed by atoms with E-state index in [-0.39, 0.29) is 5.91 Å². The van der Waals surface area contributed by atoms with Crippen molar-refractivity contribution in [2.45, 2.75) is 39.2 Å². The van der Waals surface area contributed by atoms with E-state index < -0.39 is 5.54 Å². The van der Waals surface area contributed by atoms with Crippen molar-refractivity contribution in [3.05, 3.63) is 17.5 Å². The number of hydrogen-bond donors (Lipinski definition) is 2. The van der Waals surface area contributed by atoms with Crippen LogP contribution >= 0.6 is 0 Å². The van der Waals surface area contributed by atoms with Crippen molar-refractivity contribution in [2.75, 3.05) is 6.54 Å². The molecule has 0 aliphatic rings. The zero-order valence-electron chi connectivity index (χ0n) is 11.2. The van der Waals surface area contributed by atoms with Crippen LogP contribution < -0.4 is 11.1 Å².